The molecule has 6 heteroatoms. The second kappa shape index (κ2) is 8.19. The number of aromatic nitrogens is 2. The summed E-state index contributed by atoms with van der Waals surface area (Å²) in [5, 5.41) is 7.83. The topological polar surface area (TPSA) is 56.0 Å². The summed E-state index contributed by atoms with van der Waals surface area (Å²) in [6.07, 6.45) is 0. The number of hydrogen-bond acceptors (Lipinski definition) is 5. The fourth-order valence-corrected chi connectivity index (χ4v) is 3.67. The smallest absolute Gasteiger partial charge is 0.277 e. The van der Waals surface area contributed by atoms with Crippen LogP contribution in [0.2, 0.25) is 0 Å². The molecule has 1 atom stereocenters. The minimum atomic E-state index is -0.523. The van der Waals surface area contributed by atoms with E-state index in [2.05, 4.69) is 10.2 Å². The Morgan fingerprint density at radius 2 is 1.50 bits per heavy atom. The van der Waals surface area contributed by atoms with Crippen molar-refractivity contribution < 1.29 is 13.6 Å². The van der Waals surface area contributed by atoms with Crippen LogP contribution in [0.4, 0.5) is 4.39 Å². The van der Waals surface area contributed by atoms with Gasteiger partial charge in [0.25, 0.3) is 5.22 Å². The molecule has 0 aliphatic rings. The number of halogens is 1. The molecule has 0 saturated carbocycles. The quantitative estimate of drug-likeness (QED) is 0.317. The zero-order chi connectivity index (χ0) is 19.3. The number of ketones is 1. The Morgan fingerprint density at radius 3 is 2.18 bits per heavy atom. The van der Waals surface area contributed by atoms with Gasteiger partial charge < -0.3 is 4.42 Å². The van der Waals surface area contributed by atoms with Crippen LogP contribution in [0, 0.1) is 5.82 Å². The highest BCUT2D eigenvalue weighted by atomic mass is 32.2. The molecule has 1 aromatic heterocycles. The molecule has 0 aliphatic heterocycles. The van der Waals surface area contributed by atoms with Crippen molar-refractivity contribution in [3.63, 3.8) is 0 Å². The lowest BCUT2D eigenvalue weighted by Gasteiger charge is -2.14. The van der Waals surface area contributed by atoms with Crippen molar-refractivity contribution >= 4 is 17.5 Å². The maximum atomic E-state index is 13.1. The van der Waals surface area contributed by atoms with Crippen molar-refractivity contribution in [3.05, 3.63) is 102 Å². The molecule has 1 heterocycles. The van der Waals surface area contributed by atoms with Gasteiger partial charge in [0.2, 0.25) is 5.89 Å². The summed E-state index contributed by atoms with van der Waals surface area (Å²) < 4.78 is 18.8. The van der Waals surface area contributed by atoms with Crippen molar-refractivity contribution in [3.8, 4) is 11.5 Å². The number of hydrogen-bond donors (Lipinski definition) is 0. The van der Waals surface area contributed by atoms with Gasteiger partial charge in [-0.1, -0.05) is 60.7 Å². The molecular formula is C22H15FN2O2S. The van der Waals surface area contributed by atoms with Crippen molar-refractivity contribution in [2.75, 3.05) is 0 Å². The van der Waals surface area contributed by atoms with Crippen LogP contribution in [0.3, 0.4) is 0 Å². The Kier molecular flexibility index (Phi) is 5.30. The van der Waals surface area contributed by atoms with E-state index < -0.39 is 5.25 Å². The van der Waals surface area contributed by atoms with E-state index in [1.54, 1.807) is 24.3 Å². The van der Waals surface area contributed by atoms with Crippen LogP contribution in [-0.2, 0) is 0 Å². The summed E-state index contributed by atoms with van der Waals surface area (Å²) in [5.41, 5.74) is 2.08. The maximum Gasteiger partial charge on any atom is 0.277 e. The standard InChI is InChI=1S/C22H15FN2O2S/c23-18-13-11-17(12-14-18)21-24-25-22(27-21)28-20(16-9-5-2-6-10-16)19(26)15-7-3-1-4-8-15/h1-14,20H/t20-/m1/s1. The molecule has 138 valence electrons. The highest BCUT2D eigenvalue weighted by Gasteiger charge is 2.26. The lowest BCUT2D eigenvalue weighted by atomic mass is 10.0. The van der Waals surface area contributed by atoms with Crippen LogP contribution >= 0.6 is 11.8 Å². The van der Waals surface area contributed by atoms with Gasteiger partial charge in [0.15, 0.2) is 5.78 Å². The molecule has 28 heavy (non-hydrogen) atoms. The van der Waals surface area contributed by atoms with E-state index in [0.29, 0.717) is 11.1 Å². The SMILES string of the molecule is O=C(c1ccccc1)[C@H](Sc1nnc(-c2ccc(F)cc2)o1)c1ccccc1. The third-order valence-electron chi connectivity index (χ3n) is 4.12. The third kappa shape index (κ3) is 4.02. The Bertz CT molecular complexity index is 1070. The number of carbonyl (C=O) groups is 1. The number of carbonyl (C=O) groups excluding carboxylic acids is 1. The number of nitrogens with zero attached hydrogens (tertiary/aromatic N) is 2. The van der Waals surface area contributed by atoms with E-state index in [9.17, 15) is 9.18 Å². The summed E-state index contributed by atoms with van der Waals surface area (Å²) in [5.74, 6) is -0.102. The average molecular weight is 390 g/mol. The Labute approximate surface area is 165 Å². The van der Waals surface area contributed by atoms with Crippen LogP contribution in [0.25, 0.3) is 11.5 Å². The normalized spacial score (nSPS) is 11.9. The van der Waals surface area contributed by atoms with Crippen LogP contribution < -0.4 is 0 Å². The molecule has 0 bridgehead atoms. The first-order valence-electron chi connectivity index (χ1n) is 8.61. The first-order valence-corrected chi connectivity index (χ1v) is 9.49. The van der Waals surface area contributed by atoms with Crippen molar-refractivity contribution in [2.24, 2.45) is 0 Å². The average Bonchev–Trinajstić information content (AvgIpc) is 3.22. The molecule has 0 N–H and O–H groups in total. The monoisotopic (exact) mass is 390 g/mol. The molecule has 0 fully saturated rings. The van der Waals surface area contributed by atoms with Gasteiger partial charge in [-0.2, -0.15) is 0 Å². The fourth-order valence-electron chi connectivity index (χ4n) is 2.72. The van der Waals surface area contributed by atoms with Gasteiger partial charge in [0, 0.05) is 11.1 Å². The minimum absolute atomic E-state index is 0.0432. The molecule has 4 aromatic rings. The first-order chi connectivity index (χ1) is 13.7. The van der Waals surface area contributed by atoms with Crippen molar-refractivity contribution in [1.82, 2.24) is 10.2 Å². The van der Waals surface area contributed by atoms with E-state index >= 15 is 0 Å². The van der Waals surface area contributed by atoms with Gasteiger partial charge in [-0.05, 0) is 41.6 Å². The zero-order valence-electron chi connectivity index (χ0n) is 14.7. The lowest BCUT2D eigenvalue weighted by molar-refractivity contribution is 0.0989. The van der Waals surface area contributed by atoms with Crippen LogP contribution in [0.1, 0.15) is 21.2 Å². The summed E-state index contributed by atoms with van der Waals surface area (Å²) in [7, 11) is 0. The van der Waals surface area contributed by atoms with Gasteiger partial charge in [0.1, 0.15) is 11.1 Å². The number of Topliss-reactive ketones (excluding diaryl/α,β-unsaturated/α-hetero) is 1. The molecule has 3 aromatic carbocycles. The second-order valence-electron chi connectivity index (χ2n) is 6.02. The number of rotatable bonds is 6. The highest BCUT2D eigenvalue weighted by Crippen LogP contribution is 2.38. The molecule has 0 aliphatic carbocycles. The van der Waals surface area contributed by atoms with E-state index in [4.69, 9.17) is 4.42 Å². The first kappa shape index (κ1) is 18.1. The van der Waals surface area contributed by atoms with E-state index in [1.807, 2.05) is 48.5 Å². The summed E-state index contributed by atoms with van der Waals surface area (Å²) >= 11 is 1.20. The lowest BCUT2D eigenvalue weighted by Crippen LogP contribution is -2.10. The van der Waals surface area contributed by atoms with Gasteiger partial charge in [-0.3, -0.25) is 4.79 Å². The molecule has 4 nitrogen and oxygen atoms in total. The maximum absolute atomic E-state index is 13.1. The fraction of sp³-hybridized carbons (Fsp3) is 0.0455. The Hall–Kier alpha value is -3.25. The Morgan fingerprint density at radius 1 is 0.857 bits per heavy atom. The van der Waals surface area contributed by atoms with Crippen LogP contribution in [0.5, 0.6) is 0 Å². The van der Waals surface area contributed by atoms with E-state index in [0.717, 1.165) is 5.56 Å². The minimum Gasteiger partial charge on any atom is -0.411 e. The largest absolute Gasteiger partial charge is 0.411 e. The number of thioether (sulfide) groups is 1. The highest BCUT2D eigenvalue weighted by molar-refractivity contribution is 8.00. The zero-order valence-corrected chi connectivity index (χ0v) is 15.5. The summed E-state index contributed by atoms with van der Waals surface area (Å²) in [4.78, 5) is 13.1. The predicted octanol–water partition coefficient (Wildman–Crippen LogP) is 5.59. The molecule has 0 saturated heterocycles. The molecular weight excluding hydrogens is 375 g/mol. The van der Waals surface area contributed by atoms with Crippen LogP contribution in [0.15, 0.2) is 94.6 Å². The molecule has 0 radical (unpaired) electrons. The molecule has 4 rings (SSSR count). The van der Waals surface area contributed by atoms with Crippen LogP contribution in [-0.4, -0.2) is 16.0 Å². The molecule has 0 unspecified atom stereocenters. The van der Waals surface area contributed by atoms with E-state index in [1.165, 1.54) is 23.9 Å². The Balaban J connectivity index is 1.63. The van der Waals surface area contributed by atoms with Crippen molar-refractivity contribution in [1.29, 1.82) is 0 Å². The van der Waals surface area contributed by atoms with Gasteiger partial charge in [-0.25, -0.2) is 4.39 Å². The molecule has 0 amide bonds. The predicted molar refractivity (Wildman–Crippen MR) is 106 cm³/mol. The van der Waals surface area contributed by atoms with Crippen molar-refractivity contribution in [2.45, 2.75) is 10.5 Å². The number of benzene rings is 3. The third-order valence-corrected chi connectivity index (χ3v) is 5.20. The van der Waals surface area contributed by atoms with E-state index in [-0.39, 0.29) is 22.7 Å². The summed E-state index contributed by atoms with van der Waals surface area (Å²) in [6.45, 7) is 0. The second-order valence-corrected chi connectivity index (χ2v) is 7.08. The molecule has 0 spiro atoms. The van der Waals surface area contributed by atoms with Gasteiger partial charge in [0.05, 0.1) is 0 Å². The summed E-state index contributed by atoms with van der Waals surface area (Å²) in [6, 6.07) is 24.4. The van der Waals surface area contributed by atoms with Gasteiger partial charge in [-0.15, -0.1) is 10.2 Å². The van der Waals surface area contributed by atoms with Gasteiger partial charge >= 0.3 is 0 Å².